The van der Waals surface area contributed by atoms with E-state index in [1.165, 1.54) is 0 Å². The van der Waals surface area contributed by atoms with Crippen LogP contribution in [-0.2, 0) is 0 Å². The zero-order chi connectivity index (χ0) is 14.7. The SMILES string of the molecule is CCCC(C)n1c(C(C)Cl)nc2c(OCC)cccc21. The van der Waals surface area contributed by atoms with Crippen LogP contribution in [0.5, 0.6) is 5.75 Å². The Balaban J connectivity index is 2.63. The highest BCUT2D eigenvalue weighted by molar-refractivity contribution is 6.20. The number of benzene rings is 1. The van der Waals surface area contributed by atoms with E-state index in [-0.39, 0.29) is 5.38 Å². The van der Waals surface area contributed by atoms with E-state index in [1.807, 2.05) is 26.0 Å². The number of hydrogen-bond donors (Lipinski definition) is 0. The van der Waals surface area contributed by atoms with Gasteiger partial charge in [-0.05, 0) is 39.3 Å². The maximum Gasteiger partial charge on any atom is 0.147 e. The second kappa shape index (κ2) is 6.49. The van der Waals surface area contributed by atoms with Gasteiger partial charge in [0.15, 0.2) is 0 Å². The Labute approximate surface area is 125 Å². The number of rotatable bonds is 6. The summed E-state index contributed by atoms with van der Waals surface area (Å²) in [5, 5.41) is -0.115. The van der Waals surface area contributed by atoms with Gasteiger partial charge in [0.2, 0.25) is 0 Å². The van der Waals surface area contributed by atoms with Crippen LogP contribution >= 0.6 is 11.6 Å². The van der Waals surface area contributed by atoms with Gasteiger partial charge in [-0.25, -0.2) is 4.98 Å². The number of nitrogens with zero attached hydrogens (tertiary/aromatic N) is 2. The van der Waals surface area contributed by atoms with Gasteiger partial charge in [0.05, 0.1) is 17.5 Å². The number of hydrogen-bond acceptors (Lipinski definition) is 2. The summed E-state index contributed by atoms with van der Waals surface area (Å²) in [4.78, 5) is 4.74. The van der Waals surface area contributed by atoms with E-state index in [2.05, 4.69) is 24.5 Å². The lowest BCUT2D eigenvalue weighted by molar-refractivity contribution is 0.343. The van der Waals surface area contributed by atoms with E-state index >= 15 is 0 Å². The van der Waals surface area contributed by atoms with Gasteiger partial charge in [0, 0.05) is 6.04 Å². The lowest BCUT2D eigenvalue weighted by Crippen LogP contribution is -2.09. The highest BCUT2D eigenvalue weighted by Gasteiger charge is 2.20. The normalized spacial score (nSPS) is 14.4. The number of para-hydroxylation sites is 1. The molecule has 0 radical (unpaired) electrons. The Kier molecular flexibility index (Phi) is 4.92. The van der Waals surface area contributed by atoms with Crippen LogP contribution in [0.15, 0.2) is 18.2 Å². The lowest BCUT2D eigenvalue weighted by Gasteiger charge is -2.18. The standard InChI is InChI=1S/C16H23ClN2O/c1-5-8-11(3)19-13-9-7-10-14(20-6-2)15(13)18-16(19)12(4)17/h7,9-12H,5-6,8H2,1-4H3. The predicted octanol–water partition coefficient (Wildman–Crippen LogP) is 5.10. The molecule has 1 aromatic heterocycles. The molecule has 0 aliphatic rings. The van der Waals surface area contributed by atoms with E-state index in [1.54, 1.807) is 0 Å². The molecule has 0 aliphatic carbocycles. The summed E-state index contributed by atoms with van der Waals surface area (Å²) in [6.45, 7) is 9.02. The average molecular weight is 295 g/mol. The Bertz CT molecular complexity index is 577. The lowest BCUT2D eigenvalue weighted by atomic mass is 10.2. The minimum absolute atomic E-state index is 0.115. The van der Waals surface area contributed by atoms with Gasteiger partial charge in [-0.3, -0.25) is 0 Å². The van der Waals surface area contributed by atoms with Crippen LogP contribution in [0.4, 0.5) is 0 Å². The second-order valence-corrected chi connectivity index (χ2v) is 5.81. The van der Waals surface area contributed by atoms with Crippen LogP contribution < -0.4 is 4.74 Å². The monoisotopic (exact) mass is 294 g/mol. The van der Waals surface area contributed by atoms with E-state index in [0.29, 0.717) is 12.6 Å². The minimum atomic E-state index is -0.115. The van der Waals surface area contributed by atoms with Crippen LogP contribution in [0, 0.1) is 0 Å². The van der Waals surface area contributed by atoms with Crippen molar-refractivity contribution in [2.45, 2.75) is 52.0 Å². The summed E-state index contributed by atoms with van der Waals surface area (Å²) in [5.74, 6) is 1.76. The van der Waals surface area contributed by atoms with E-state index in [0.717, 1.165) is 35.4 Å². The summed E-state index contributed by atoms with van der Waals surface area (Å²) < 4.78 is 7.95. The predicted molar refractivity (Wildman–Crippen MR) is 84.8 cm³/mol. The highest BCUT2D eigenvalue weighted by atomic mass is 35.5. The van der Waals surface area contributed by atoms with Crippen molar-refractivity contribution >= 4 is 22.6 Å². The number of alkyl halides is 1. The van der Waals surface area contributed by atoms with E-state index < -0.39 is 0 Å². The molecule has 3 nitrogen and oxygen atoms in total. The summed E-state index contributed by atoms with van der Waals surface area (Å²) >= 11 is 6.33. The molecular formula is C16H23ClN2O. The summed E-state index contributed by atoms with van der Waals surface area (Å²) in [6, 6.07) is 6.47. The number of ether oxygens (including phenoxy) is 1. The van der Waals surface area contributed by atoms with Gasteiger partial charge < -0.3 is 9.30 Å². The Morgan fingerprint density at radius 3 is 2.65 bits per heavy atom. The smallest absolute Gasteiger partial charge is 0.147 e. The van der Waals surface area contributed by atoms with Gasteiger partial charge in [-0.15, -0.1) is 11.6 Å². The molecule has 1 aromatic carbocycles. The quantitative estimate of drug-likeness (QED) is 0.693. The maximum absolute atomic E-state index is 6.33. The third kappa shape index (κ3) is 2.78. The fourth-order valence-corrected chi connectivity index (χ4v) is 2.83. The summed E-state index contributed by atoms with van der Waals surface area (Å²) in [5.41, 5.74) is 2.03. The summed E-state index contributed by atoms with van der Waals surface area (Å²) in [7, 11) is 0. The zero-order valence-corrected chi connectivity index (χ0v) is 13.4. The van der Waals surface area contributed by atoms with E-state index in [9.17, 15) is 0 Å². The third-order valence-electron chi connectivity index (χ3n) is 3.51. The van der Waals surface area contributed by atoms with Crippen molar-refractivity contribution in [2.75, 3.05) is 6.61 Å². The maximum atomic E-state index is 6.33. The fraction of sp³-hybridized carbons (Fsp3) is 0.562. The molecule has 4 heteroatoms. The second-order valence-electron chi connectivity index (χ2n) is 5.15. The summed E-state index contributed by atoms with van der Waals surface area (Å²) in [6.07, 6.45) is 2.25. The first kappa shape index (κ1) is 15.2. The molecule has 0 saturated heterocycles. The van der Waals surface area contributed by atoms with Gasteiger partial charge in [0.25, 0.3) is 0 Å². The molecule has 110 valence electrons. The van der Waals surface area contributed by atoms with Crippen molar-refractivity contribution < 1.29 is 4.74 Å². The molecule has 0 saturated carbocycles. The minimum Gasteiger partial charge on any atom is -0.492 e. The first-order valence-electron chi connectivity index (χ1n) is 7.37. The molecule has 2 unspecified atom stereocenters. The third-order valence-corrected chi connectivity index (χ3v) is 3.71. The molecular weight excluding hydrogens is 272 g/mol. The topological polar surface area (TPSA) is 27.1 Å². The van der Waals surface area contributed by atoms with Crippen molar-refractivity contribution in [2.24, 2.45) is 0 Å². The number of imidazole rings is 1. The molecule has 0 spiro atoms. The molecule has 20 heavy (non-hydrogen) atoms. The first-order valence-corrected chi connectivity index (χ1v) is 7.81. The van der Waals surface area contributed by atoms with Gasteiger partial charge in [-0.2, -0.15) is 0 Å². The van der Waals surface area contributed by atoms with Gasteiger partial charge in [0.1, 0.15) is 17.1 Å². The molecule has 1 heterocycles. The number of halogens is 1. The molecule has 2 rings (SSSR count). The molecule has 0 bridgehead atoms. The van der Waals surface area contributed by atoms with Crippen LogP contribution in [0.1, 0.15) is 57.8 Å². The van der Waals surface area contributed by atoms with Crippen molar-refractivity contribution in [3.05, 3.63) is 24.0 Å². The van der Waals surface area contributed by atoms with E-state index in [4.69, 9.17) is 21.3 Å². The van der Waals surface area contributed by atoms with Crippen molar-refractivity contribution in [1.29, 1.82) is 0 Å². The van der Waals surface area contributed by atoms with Crippen molar-refractivity contribution in [3.63, 3.8) is 0 Å². The molecule has 0 amide bonds. The average Bonchev–Trinajstić information content (AvgIpc) is 2.80. The largest absolute Gasteiger partial charge is 0.492 e. The fourth-order valence-electron chi connectivity index (χ4n) is 2.67. The zero-order valence-electron chi connectivity index (χ0n) is 12.7. The first-order chi connectivity index (χ1) is 9.60. The molecule has 0 fully saturated rings. The van der Waals surface area contributed by atoms with Gasteiger partial charge in [-0.1, -0.05) is 19.4 Å². The Morgan fingerprint density at radius 1 is 1.30 bits per heavy atom. The molecule has 0 N–H and O–H groups in total. The van der Waals surface area contributed by atoms with Crippen LogP contribution in [-0.4, -0.2) is 16.2 Å². The van der Waals surface area contributed by atoms with Crippen molar-refractivity contribution in [1.82, 2.24) is 9.55 Å². The Hall–Kier alpha value is -1.22. The highest BCUT2D eigenvalue weighted by Crippen LogP contribution is 2.33. The Morgan fingerprint density at radius 2 is 2.05 bits per heavy atom. The van der Waals surface area contributed by atoms with Crippen molar-refractivity contribution in [3.8, 4) is 5.75 Å². The van der Waals surface area contributed by atoms with Gasteiger partial charge >= 0.3 is 0 Å². The number of aromatic nitrogens is 2. The van der Waals surface area contributed by atoms with Crippen LogP contribution in [0.2, 0.25) is 0 Å². The molecule has 2 atom stereocenters. The number of fused-ring (bicyclic) bond motifs is 1. The van der Waals surface area contributed by atoms with Crippen LogP contribution in [0.25, 0.3) is 11.0 Å². The van der Waals surface area contributed by atoms with Crippen LogP contribution in [0.3, 0.4) is 0 Å². The molecule has 0 aliphatic heterocycles. The molecule has 2 aromatic rings.